The lowest BCUT2D eigenvalue weighted by Crippen LogP contribution is -2.47. The van der Waals surface area contributed by atoms with E-state index in [2.05, 4.69) is 38.6 Å². The van der Waals surface area contributed by atoms with Gasteiger partial charge in [-0.2, -0.15) is 22.7 Å². The zero-order chi connectivity index (χ0) is 12.4. The van der Waals surface area contributed by atoms with E-state index in [0.717, 1.165) is 25.9 Å². The highest BCUT2D eigenvalue weighted by molar-refractivity contribution is 7.08. The molecule has 3 heterocycles. The lowest BCUT2D eigenvalue weighted by molar-refractivity contribution is 0.375. The Balaban J connectivity index is 1.69. The predicted molar refractivity (Wildman–Crippen MR) is 80.6 cm³/mol. The van der Waals surface area contributed by atoms with Crippen LogP contribution in [0.15, 0.2) is 33.7 Å². The van der Waals surface area contributed by atoms with Crippen LogP contribution in [0.25, 0.3) is 0 Å². The molecule has 0 spiro atoms. The number of hydrogen-bond acceptors (Lipinski definition) is 4. The van der Waals surface area contributed by atoms with Crippen LogP contribution in [-0.2, 0) is 6.42 Å². The summed E-state index contributed by atoms with van der Waals surface area (Å²) >= 11 is 3.54. The maximum atomic E-state index is 6.21. The molecule has 0 aromatic carbocycles. The van der Waals surface area contributed by atoms with Crippen molar-refractivity contribution in [2.75, 3.05) is 18.0 Å². The molecule has 0 amide bonds. The summed E-state index contributed by atoms with van der Waals surface area (Å²) in [5.41, 5.74) is 9.02. The van der Waals surface area contributed by atoms with Gasteiger partial charge in [-0.15, -0.1) is 0 Å². The summed E-state index contributed by atoms with van der Waals surface area (Å²) in [5, 5.41) is 8.78. The van der Waals surface area contributed by atoms with Crippen molar-refractivity contribution in [2.24, 2.45) is 11.7 Å². The third-order valence-corrected chi connectivity index (χ3v) is 4.95. The van der Waals surface area contributed by atoms with E-state index in [1.54, 1.807) is 22.7 Å². The van der Waals surface area contributed by atoms with Gasteiger partial charge in [0.1, 0.15) is 0 Å². The molecule has 1 aliphatic rings. The molecule has 3 rings (SSSR count). The molecule has 0 bridgehead atoms. The van der Waals surface area contributed by atoms with Gasteiger partial charge < -0.3 is 10.6 Å². The number of anilines is 1. The Morgan fingerprint density at radius 2 is 2.00 bits per heavy atom. The summed E-state index contributed by atoms with van der Waals surface area (Å²) in [5.74, 6) is 0.684. The Morgan fingerprint density at radius 1 is 1.17 bits per heavy atom. The molecular formula is C14H18N2S2. The highest BCUT2D eigenvalue weighted by atomic mass is 32.1. The van der Waals surface area contributed by atoms with Gasteiger partial charge >= 0.3 is 0 Å². The zero-order valence-electron chi connectivity index (χ0n) is 10.3. The maximum Gasteiger partial charge on any atom is 0.0475 e. The van der Waals surface area contributed by atoms with Crippen molar-refractivity contribution in [3.63, 3.8) is 0 Å². The van der Waals surface area contributed by atoms with Gasteiger partial charge in [-0.1, -0.05) is 0 Å². The van der Waals surface area contributed by atoms with E-state index >= 15 is 0 Å². The molecule has 4 heteroatoms. The van der Waals surface area contributed by atoms with Crippen LogP contribution in [0.5, 0.6) is 0 Å². The molecule has 0 saturated carbocycles. The minimum atomic E-state index is 0.308. The van der Waals surface area contributed by atoms with Crippen molar-refractivity contribution in [3.8, 4) is 0 Å². The molecule has 96 valence electrons. The van der Waals surface area contributed by atoms with Gasteiger partial charge in [0, 0.05) is 30.2 Å². The second kappa shape index (κ2) is 5.43. The van der Waals surface area contributed by atoms with Crippen LogP contribution in [0.1, 0.15) is 12.0 Å². The van der Waals surface area contributed by atoms with Crippen LogP contribution >= 0.6 is 22.7 Å². The summed E-state index contributed by atoms with van der Waals surface area (Å²) in [6, 6.07) is 4.74. The minimum absolute atomic E-state index is 0.308. The van der Waals surface area contributed by atoms with Gasteiger partial charge in [0.15, 0.2) is 0 Å². The van der Waals surface area contributed by atoms with Crippen molar-refractivity contribution < 1.29 is 0 Å². The first-order chi connectivity index (χ1) is 8.81. The summed E-state index contributed by atoms with van der Waals surface area (Å²) < 4.78 is 0. The predicted octanol–water partition coefficient (Wildman–Crippen LogP) is 3.21. The van der Waals surface area contributed by atoms with Crippen LogP contribution in [0.3, 0.4) is 0 Å². The molecule has 1 fully saturated rings. The smallest absolute Gasteiger partial charge is 0.0475 e. The third kappa shape index (κ3) is 2.76. The van der Waals surface area contributed by atoms with Crippen molar-refractivity contribution in [1.29, 1.82) is 0 Å². The van der Waals surface area contributed by atoms with E-state index in [9.17, 15) is 0 Å². The fourth-order valence-electron chi connectivity index (χ4n) is 2.78. The monoisotopic (exact) mass is 278 g/mol. The summed E-state index contributed by atoms with van der Waals surface area (Å²) in [7, 11) is 0. The number of piperidine rings is 1. The normalized spacial score (nSPS) is 24.4. The average molecular weight is 278 g/mol. The van der Waals surface area contributed by atoms with Crippen molar-refractivity contribution in [3.05, 3.63) is 39.2 Å². The first kappa shape index (κ1) is 12.2. The van der Waals surface area contributed by atoms with E-state index < -0.39 is 0 Å². The molecule has 2 aromatic heterocycles. The average Bonchev–Trinajstić information content (AvgIpc) is 3.00. The second-order valence-corrected chi connectivity index (χ2v) is 6.64. The number of nitrogens with zero attached hydrogens (tertiary/aromatic N) is 1. The van der Waals surface area contributed by atoms with Crippen LogP contribution < -0.4 is 10.6 Å². The first-order valence-corrected chi connectivity index (χ1v) is 8.23. The molecule has 18 heavy (non-hydrogen) atoms. The molecular weight excluding hydrogens is 260 g/mol. The number of nitrogens with two attached hydrogens (primary N) is 1. The summed E-state index contributed by atoms with van der Waals surface area (Å²) in [6.07, 6.45) is 2.31. The van der Waals surface area contributed by atoms with Crippen LogP contribution in [0.4, 0.5) is 5.69 Å². The molecule has 2 aromatic rings. The quantitative estimate of drug-likeness (QED) is 0.934. The van der Waals surface area contributed by atoms with Gasteiger partial charge in [-0.25, -0.2) is 0 Å². The van der Waals surface area contributed by atoms with Crippen LogP contribution in [-0.4, -0.2) is 19.1 Å². The van der Waals surface area contributed by atoms with Crippen LogP contribution in [0.2, 0.25) is 0 Å². The Morgan fingerprint density at radius 3 is 2.72 bits per heavy atom. The fraction of sp³-hybridized carbons (Fsp3) is 0.429. The van der Waals surface area contributed by atoms with Crippen molar-refractivity contribution in [2.45, 2.75) is 18.9 Å². The van der Waals surface area contributed by atoms with Crippen LogP contribution in [0, 0.1) is 5.92 Å². The number of rotatable bonds is 3. The largest absolute Gasteiger partial charge is 0.369 e. The lowest BCUT2D eigenvalue weighted by atomic mass is 9.90. The highest BCUT2D eigenvalue weighted by Crippen LogP contribution is 2.27. The van der Waals surface area contributed by atoms with Gasteiger partial charge in [-0.3, -0.25) is 0 Å². The Hall–Kier alpha value is -0.840. The SMILES string of the molecule is NC1CC(Cc2ccsc2)CN(c2ccsc2)C1. The Kier molecular flexibility index (Phi) is 3.68. The molecule has 0 radical (unpaired) electrons. The molecule has 1 saturated heterocycles. The van der Waals surface area contributed by atoms with Gasteiger partial charge in [0.05, 0.1) is 0 Å². The molecule has 2 N–H and O–H groups in total. The van der Waals surface area contributed by atoms with E-state index in [1.165, 1.54) is 11.3 Å². The maximum absolute atomic E-state index is 6.21. The first-order valence-electron chi connectivity index (χ1n) is 6.35. The summed E-state index contributed by atoms with van der Waals surface area (Å²) in [4.78, 5) is 2.45. The summed E-state index contributed by atoms with van der Waals surface area (Å²) in [6.45, 7) is 2.14. The van der Waals surface area contributed by atoms with Crippen molar-refractivity contribution >= 4 is 28.4 Å². The van der Waals surface area contributed by atoms with E-state index in [-0.39, 0.29) is 0 Å². The molecule has 2 unspecified atom stereocenters. The number of hydrogen-bond donors (Lipinski definition) is 1. The molecule has 2 atom stereocenters. The zero-order valence-corrected chi connectivity index (χ0v) is 11.9. The van der Waals surface area contributed by atoms with Gasteiger partial charge in [0.2, 0.25) is 0 Å². The molecule has 0 aliphatic carbocycles. The molecule has 2 nitrogen and oxygen atoms in total. The molecule has 1 aliphatic heterocycles. The lowest BCUT2D eigenvalue weighted by Gasteiger charge is -2.37. The fourth-order valence-corrected chi connectivity index (χ4v) is 4.13. The van der Waals surface area contributed by atoms with Crippen molar-refractivity contribution in [1.82, 2.24) is 0 Å². The van der Waals surface area contributed by atoms with E-state index in [1.807, 2.05) is 0 Å². The Bertz CT molecular complexity index is 464. The number of thiophene rings is 2. The highest BCUT2D eigenvalue weighted by Gasteiger charge is 2.25. The van der Waals surface area contributed by atoms with Gasteiger partial charge in [0.25, 0.3) is 0 Å². The van der Waals surface area contributed by atoms with E-state index in [4.69, 9.17) is 5.73 Å². The third-order valence-electron chi connectivity index (χ3n) is 3.55. The topological polar surface area (TPSA) is 29.3 Å². The minimum Gasteiger partial charge on any atom is -0.369 e. The van der Waals surface area contributed by atoms with Gasteiger partial charge in [-0.05, 0) is 52.6 Å². The Labute approximate surface area is 116 Å². The van der Waals surface area contributed by atoms with E-state index in [0.29, 0.717) is 12.0 Å². The second-order valence-electron chi connectivity index (χ2n) is 5.08. The standard InChI is InChI=1S/C14H18N2S2/c15-13-6-12(5-11-1-3-17-9-11)7-16(8-13)14-2-4-18-10-14/h1-4,9-10,12-13H,5-8,15H2.